The number of fused-ring (bicyclic) bond motifs is 5. The van der Waals surface area contributed by atoms with Crippen molar-refractivity contribution in [3.8, 4) is 0 Å². The normalized spacial score (nSPS) is 21.6. The zero-order valence-corrected chi connectivity index (χ0v) is 17.1. The average Bonchev–Trinajstić information content (AvgIpc) is 3.04. The van der Waals surface area contributed by atoms with Crippen LogP contribution in [-0.2, 0) is 18.4 Å². The van der Waals surface area contributed by atoms with Crippen molar-refractivity contribution >= 4 is 22.8 Å². The summed E-state index contributed by atoms with van der Waals surface area (Å²) >= 11 is 0. The first-order valence-electron chi connectivity index (χ1n) is 10.3. The van der Waals surface area contributed by atoms with Crippen LogP contribution in [0.25, 0.3) is 10.9 Å². The van der Waals surface area contributed by atoms with Crippen molar-refractivity contribution in [3.05, 3.63) is 69.8 Å². The van der Waals surface area contributed by atoms with Gasteiger partial charge in [-0.05, 0) is 30.5 Å². The molecule has 2 aromatic heterocycles. The van der Waals surface area contributed by atoms with Crippen LogP contribution in [0.4, 0.5) is 0 Å². The van der Waals surface area contributed by atoms with Crippen molar-refractivity contribution in [3.63, 3.8) is 0 Å². The second-order valence-electron chi connectivity index (χ2n) is 8.63. The quantitative estimate of drug-likeness (QED) is 0.670. The number of aromatic carboxylic acids is 1. The van der Waals surface area contributed by atoms with E-state index in [9.17, 15) is 24.6 Å². The van der Waals surface area contributed by atoms with Gasteiger partial charge in [0, 0.05) is 67.0 Å². The number of benzene rings is 1. The Morgan fingerprint density at radius 3 is 2.65 bits per heavy atom. The summed E-state index contributed by atoms with van der Waals surface area (Å²) in [6, 6.07) is 9.26. The maximum absolute atomic E-state index is 12.4. The Balaban J connectivity index is 1.55. The summed E-state index contributed by atoms with van der Waals surface area (Å²) in [5, 5.41) is 20.2. The Kier molecular flexibility index (Phi) is 4.48. The summed E-state index contributed by atoms with van der Waals surface area (Å²) in [5.41, 5.74) is 2.49. The molecule has 1 aromatic carbocycles. The molecule has 8 nitrogen and oxygen atoms in total. The molecule has 1 fully saturated rings. The van der Waals surface area contributed by atoms with Gasteiger partial charge < -0.3 is 19.3 Å². The number of carboxylic acids is 2. The fourth-order valence-corrected chi connectivity index (χ4v) is 5.40. The highest BCUT2D eigenvalue weighted by Crippen LogP contribution is 2.40. The van der Waals surface area contributed by atoms with Crippen molar-refractivity contribution in [2.45, 2.75) is 24.9 Å². The zero-order chi connectivity index (χ0) is 21.9. The molecular weight excluding hydrogens is 398 g/mol. The molecule has 2 N–H and O–H groups in total. The summed E-state index contributed by atoms with van der Waals surface area (Å²) in [5.74, 6) is -1.63. The van der Waals surface area contributed by atoms with Crippen molar-refractivity contribution < 1.29 is 19.8 Å². The monoisotopic (exact) mass is 421 g/mol. The van der Waals surface area contributed by atoms with E-state index in [0.29, 0.717) is 30.7 Å². The molecule has 8 heteroatoms. The summed E-state index contributed by atoms with van der Waals surface area (Å²) in [6.45, 7) is 1.75. The van der Waals surface area contributed by atoms with Gasteiger partial charge in [-0.1, -0.05) is 12.1 Å². The zero-order valence-electron chi connectivity index (χ0n) is 17.1. The summed E-state index contributed by atoms with van der Waals surface area (Å²) < 4.78 is 3.62. The van der Waals surface area contributed by atoms with Crippen molar-refractivity contribution in [2.24, 2.45) is 13.0 Å². The lowest BCUT2D eigenvalue weighted by atomic mass is 9.82. The minimum Gasteiger partial charge on any atom is -0.480 e. The van der Waals surface area contributed by atoms with Crippen molar-refractivity contribution in [1.82, 2.24) is 14.0 Å². The third-order valence-corrected chi connectivity index (χ3v) is 6.67. The Bertz CT molecular complexity index is 1270. The van der Waals surface area contributed by atoms with E-state index in [0.717, 1.165) is 17.5 Å². The van der Waals surface area contributed by atoms with Gasteiger partial charge in [0.25, 0.3) is 5.56 Å². The highest BCUT2D eigenvalue weighted by Gasteiger charge is 2.40. The van der Waals surface area contributed by atoms with Crippen LogP contribution in [0.5, 0.6) is 0 Å². The van der Waals surface area contributed by atoms with E-state index in [1.54, 1.807) is 42.1 Å². The predicted octanol–water partition coefficient (Wildman–Crippen LogP) is 2.28. The lowest BCUT2D eigenvalue weighted by Crippen LogP contribution is -2.49. The van der Waals surface area contributed by atoms with Gasteiger partial charge in [0.1, 0.15) is 6.04 Å². The lowest BCUT2D eigenvalue weighted by molar-refractivity contribution is -0.144. The molecule has 5 rings (SSSR count). The topological polar surface area (TPSA) is 105 Å². The van der Waals surface area contributed by atoms with Gasteiger partial charge in [0.15, 0.2) is 0 Å². The fraction of sp³-hybridized carbons (Fsp3) is 0.348. The fourth-order valence-electron chi connectivity index (χ4n) is 5.40. The van der Waals surface area contributed by atoms with Gasteiger partial charge in [-0.15, -0.1) is 0 Å². The predicted molar refractivity (Wildman–Crippen MR) is 113 cm³/mol. The van der Waals surface area contributed by atoms with Crippen LogP contribution in [0.1, 0.15) is 40.0 Å². The molecule has 4 heterocycles. The Morgan fingerprint density at radius 2 is 1.90 bits per heavy atom. The van der Waals surface area contributed by atoms with E-state index in [1.165, 1.54) is 6.07 Å². The number of rotatable bonds is 4. The second-order valence-corrected chi connectivity index (χ2v) is 8.63. The number of nitrogens with zero attached hydrogens (tertiary/aromatic N) is 3. The second kappa shape index (κ2) is 7.09. The van der Waals surface area contributed by atoms with E-state index in [4.69, 9.17) is 0 Å². The Hall–Kier alpha value is -3.39. The number of aliphatic carboxylic acids is 1. The van der Waals surface area contributed by atoms with Crippen LogP contribution in [0, 0.1) is 5.92 Å². The number of hydrogen-bond acceptors (Lipinski definition) is 4. The van der Waals surface area contributed by atoms with Gasteiger partial charge >= 0.3 is 11.9 Å². The molecule has 2 bridgehead atoms. The first-order valence-corrected chi connectivity index (χ1v) is 10.3. The minimum absolute atomic E-state index is 0.00118. The molecule has 3 atom stereocenters. The van der Waals surface area contributed by atoms with Crippen LogP contribution >= 0.6 is 0 Å². The average molecular weight is 421 g/mol. The largest absolute Gasteiger partial charge is 0.480 e. The van der Waals surface area contributed by atoms with Gasteiger partial charge in [-0.2, -0.15) is 0 Å². The number of hydrogen-bond donors (Lipinski definition) is 2. The van der Waals surface area contributed by atoms with E-state index in [2.05, 4.69) is 0 Å². The van der Waals surface area contributed by atoms with Crippen LogP contribution < -0.4 is 5.56 Å². The van der Waals surface area contributed by atoms with Gasteiger partial charge in [-0.25, -0.2) is 4.79 Å². The number of aryl methyl sites for hydroxylation is 1. The molecule has 0 radical (unpaired) electrons. The molecule has 31 heavy (non-hydrogen) atoms. The Morgan fingerprint density at radius 1 is 1.10 bits per heavy atom. The molecule has 160 valence electrons. The van der Waals surface area contributed by atoms with Gasteiger partial charge in [0.2, 0.25) is 0 Å². The summed E-state index contributed by atoms with van der Waals surface area (Å²) in [4.78, 5) is 38.1. The number of carboxylic acid groups (broad SMARTS) is 2. The maximum atomic E-state index is 12.4. The molecule has 2 aliphatic heterocycles. The first kappa shape index (κ1) is 19.6. The third-order valence-electron chi connectivity index (χ3n) is 6.67. The smallest absolute Gasteiger partial charge is 0.335 e. The molecular formula is C23H23N3O5. The highest BCUT2D eigenvalue weighted by atomic mass is 16.4. The molecule has 0 saturated carbocycles. The standard InChI is InChI=1S/C23H23N3O5/c1-24-12-17(16-6-5-14(22(28)29)8-19(16)24)21(23(30)31)25-9-13-7-15(11-25)18-3-2-4-20(27)26(18)10-13/h2-6,8,12-13,15,21H,7,9-11H2,1H3,(H,28,29)(H,30,31)/t13-,15+,21?/m0/s1. The molecule has 1 unspecified atom stereocenters. The summed E-state index contributed by atoms with van der Waals surface area (Å²) in [7, 11) is 1.80. The van der Waals surface area contributed by atoms with Gasteiger partial charge in [0.05, 0.1) is 5.56 Å². The highest BCUT2D eigenvalue weighted by molar-refractivity contribution is 5.96. The number of pyridine rings is 1. The molecule has 3 aromatic rings. The maximum Gasteiger partial charge on any atom is 0.335 e. The lowest BCUT2D eigenvalue weighted by Gasteiger charge is -2.44. The number of piperidine rings is 1. The molecule has 0 spiro atoms. The van der Waals surface area contributed by atoms with Crippen LogP contribution in [0.15, 0.2) is 47.4 Å². The van der Waals surface area contributed by atoms with Crippen LogP contribution in [0.3, 0.4) is 0 Å². The van der Waals surface area contributed by atoms with E-state index in [1.807, 2.05) is 15.5 Å². The van der Waals surface area contributed by atoms with Crippen LogP contribution in [0.2, 0.25) is 0 Å². The SMILES string of the molecule is Cn1cc(C(C(=O)O)N2C[C@@H]3C[C@H](C2)c2cccc(=O)n2C3)c2ccc(C(=O)O)cc21. The molecule has 1 saturated heterocycles. The third kappa shape index (κ3) is 3.14. The van der Waals surface area contributed by atoms with E-state index < -0.39 is 18.0 Å². The number of aromatic nitrogens is 2. The molecule has 2 aliphatic rings. The van der Waals surface area contributed by atoms with E-state index >= 15 is 0 Å². The number of carbonyl (C=O) groups is 2. The first-order chi connectivity index (χ1) is 14.8. The van der Waals surface area contributed by atoms with Crippen molar-refractivity contribution in [2.75, 3.05) is 13.1 Å². The van der Waals surface area contributed by atoms with Crippen molar-refractivity contribution in [1.29, 1.82) is 0 Å². The Labute approximate surface area is 177 Å². The molecule has 0 aliphatic carbocycles. The minimum atomic E-state index is -1.02. The number of likely N-dealkylation sites (tertiary alicyclic amines) is 1. The van der Waals surface area contributed by atoms with Gasteiger partial charge in [-0.3, -0.25) is 14.5 Å². The summed E-state index contributed by atoms with van der Waals surface area (Å²) in [6.07, 6.45) is 2.74. The van der Waals surface area contributed by atoms with E-state index in [-0.39, 0.29) is 23.0 Å². The molecule has 0 amide bonds. The van der Waals surface area contributed by atoms with Crippen LogP contribution in [-0.4, -0.2) is 49.3 Å².